The first kappa shape index (κ1) is 14.3. The van der Waals surface area contributed by atoms with Crippen LogP contribution in [0.1, 0.15) is 36.6 Å². The third-order valence-corrected chi connectivity index (χ3v) is 4.44. The van der Waals surface area contributed by atoms with Crippen LogP contribution in [-0.4, -0.2) is 25.9 Å². The maximum Gasteiger partial charge on any atom is 0.162 e. The number of ether oxygens (including phenoxy) is 3. The van der Waals surface area contributed by atoms with Crippen molar-refractivity contribution in [2.45, 2.75) is 37.2 Å². The number of rotatable bonds is 3. The molecule has 2 aliphatic heterocycles. The number of halogens is 2. The van der Waals surface area contributed by atoms with Crippen LogP contribution in [-0.2, 0) is 4.74 Å². The fourth-order valence-corrected chi connectivity index (χ4v) is 3.35. The van der Waals surface area contributed by atoms with Gasteiger partial charge in [-0.2, -0.15) is 0 Å². The predicted octanol–water partition coefficient (Wildman–Crippen LogP) is 4.35. The Morgan fingerprint density at radius 2 is 1.85 bits per heavy atom. The van der Waals surface area contributed by atoms with Crippen molar-refractivity contribution in [1.29, 1.82) is 0 Å². The number of benzene rings is 1. The zero-order valence-corrected chi connectivity index (χ0v) is 12.8. The third-order valence-electron chi connectivity index (χ3n) is 3.70. The first-order valence-electron chi connectivity index (χ1n) is 7.09. The molecule has 1 saturated heterocycles. The molecule has 0 bridgehead atoms. The Kier molecular flexibility index (Phi) is 4.59. The van der Waals surface area contributed by atoms with Gasteiger partial charge in [0, 0.05) is 24.1 Å². The van der Waals surface area contributed by atoms with E-state index in [1.54, 1.807) is 0 Å². The lowest BCUT2D eigenvalue weighted by Gasteiger charge is -2.18. The van der Waals surface area contributed by atoms with E-state index in [9.17, 15) is 0 Å². The Morgan fingerprint density at radius 1 is 1.10 bits per heavy atom. The van der Waals surface area contributed by atoms with Crippen LogP contribution in [0.4, 0.5) is 0 Å². The molecule has 0 N–H and O–H groups in total. The lowest BCUT2D eigenvalue weighted by molar-refractivity contribution is 0.103. The molecule has 5 heteroatoms. The van der Waals surface area contributed by atoms with Crippen molar-refractivity contribution in [3.05, 3.63) is 22.7 Å². The van der Waals surface area contributed by atoms with Crippen LogP contribution in [0.2, 0.25) is 5.02 Å². The van der Waals surface area contributed by atoms with Crippen molar-refractivity contribution < 1.29 is 14.2 Å². The van der Waals surface area contributed by atoms with Gasteiger partial charge in [-0.05, 0) is 30.9 Å². The quantitative estimate of drug-likeness (QED) is 0.776. The molecular formula is C15H18Cl2O3. The minimum Gasteiger partial charge on any atom is -0.490 e. The number of alkyl halides is 1. The van der Waals surface area contributed by atoms with E-state index in [4.69, 9.17) is 37.4 Å². The molecule has 20 heavy (non-hydrogen) atoms. The highest BCUT2D eigenvalue weighted by Crippen LogP contribution is 2.41. The van der Waals surface area contributed by atoms with Gasteiger partial charge in [0.25, 0.3) is 0 Å². The van der Waals surface area contributed by atoms with E-state index in [1.807, 2.05) is 12.1 Å². The van der Waals surface area contributed by atoms with E-state index in [1.165, 1.54) is 0 Å². The van der Waals surface area contributed by atoms with Gasteiger partial charge in [0.2, 0.25) is 0 Å². The second-order valence-corrected chi connectivity index (χ2v) is 6.14. The van der Waals surface area contributed by atoms with Crippen molar-refractivity contribution in [2.24, 2.45) is 0 Å². The van der Waals surface area contributed by atoms with Crippen LogP contribution in [0.5, 0.6) is 11.5 Å². The van der Waals surface area contributed by atoms with Crippen LogP contribution >= 0.6 is 23.2 Å². The van der Waals surface area contributed by atoms with E-state index >= 15 is 0 Å². The lowest BCUT2D eigenvalue weighted by atomic mass is 10.0. The van der Waals surface area contributed by atoms with Crippen molar-refractivity contribution in [3.8, 4) is 11.5 Å². The average Bonchev–Trinajstić information content (AvgIpc) is 2.82. The molecule has 2 heterocycles. The molecule has 0 amide bonds. The fraction of sp³-hybridized carbons (Fsp3) is 0.600. The van der Waals surface area contributed by atoms with Gasteiger partial charge < -0.3 is 14.2 Å². The third kappa shape index (κ3) is 3.16. The van der Waals surface area contributed by atoms with E-state index in [0.717, 1.165) is 43.6 Å². The molecule has 3 nitrogen and oxygen atoms in total. The summed E-state index contributed by atoms with van der Waals surface area (Å²) in [6.07, 6.45) is 4.08. The molecule has 1 aromatic rings. The van der Waals surface area contributed by atoms with Gasteiger partial charge in [0.05, 0.1) is 24.7 Å². The molecule has 0 saturated carbocycles. The first-order valence-corrected chi connectivity index (χ1v) is 7.90. The maximum atomic E-state index is 6.51. The summed E-state index contributed by atoms with van der Waals surface area (Å²) < 4.78 is 16.9. The van der Waals surface area contributed by atoms with Crippen molar-refractivity contribution in [3.63, 3.8) is 0 Å². The largest absolute Gasteiger partial charge is 0.490 e. The summed E-state index contributed by atoms with van der Waals surface area (Å²) in [5, 5.41) is 0.468. The molecule has 1 fully saturated rings. The second-order valence-electron chi connectivity index (χ2n) is 5.21. The number of hydrogen-bond donors (Lipinski definition) is 0. The Hall–Kier alpha value is -0.640. The van der Waals surface area contributed by atoms with E-state index in [-0.39, 0.29) is 11.5 Å². The van der Waals surface area contributed by atoms with Crippen LogP contribution in [0.3, 0.4) is 0 Å². The molecule has 2 atom stereocenters. The molecular weight excluding hydrogens is 299 g/mol. The smallest absolute Gasteiger partial charge is 0.162 e. The van der Waals surface area contributed by atoms with Crippen molar-refractivity contribution in [1.82, 2.24) is 0 Å². The molecule has 2 aliphatic rings. The molecule has 3 rings (SSSR count). The Labute approximate surface area is 129 Å². The Morgan fingerprint density at radius 3 is 2.55 bits per heavy atom. The normalized spacial score (nSPS) is 23.4. The van der Waals surface area contributed by atoms with Crippen LogP contribution in [0, 0.1) is 0 Å². The first-order chi connectivity index (χ1) is 9.74. The van der Waals surface area contributed by atoms with Gasteiger partial charge in [-0.25, -0.2) is 0 Å². The monoisotopic (exact) mass is 316 g/mol. The highest BCUT2D eigenvalue weighted by molar-refractivity contribution is 6.33. The van der Waals surface area contributed by atoms with Crippen LogP contribution in [0.15, 0.2) is 12.1 Å². The van der Waals surface area contributed by atoms with Gasteiger partial charge in [0.15, 0.2) is 11.5 Å². The number of fused-ring (bicyclic) bond motifs is 1. The number of hydrogen-bond acceptors (Lipinski definition) is 3. The van der Waals surface area contributed by atoms with Gasteiger partial charge in [-0.3, -0.25) is 0 Å². The summed E-state index contributed by atoms with van der Waals surface area (Å²) in [7, 11) is 0. The van der Waals surface area contributed by atoms with Gasteiger partial charge in [-0.15, -0.1) is 11.6 Å². The maximum absolute atomic E-state index is 6.51. The summed E-state index contributed by atoms with van der Waals surface area (Å²) >= 11 is 12.8. The second kappa shape index (κ2) is 6.42. The van der Waals surface area contributed by atoms with Crippen molar-refractivity contribution >= 4 is 23.2 Å². The molecule has 110 valence electrons. The van der Waals surface area contributed by atoms with Crippen LogP contribution in [0.25, 0.3) is 0 Å². The highest BCUT2D eigenvalue weighted by Gasteiger charge is 2.24. The predicted molar refractivity (Wildman–Crippen MR) is 79.2 cm³/mol. The SMILES string of the molecule is Clc1cc2c(cc1C(Cl)CC1CCCO1)OCCCO2. The molecule has 0 spiro atoms. The standard InChI is InChI=1S/C15H18Cl2O3/c16-12(7-10-3-1-4-18-10)11-8-14-15(9-13(11)17)20-6-2-5-19-14/h8-10,12H,1-7H2. The van der Waals surface area contributed by atoms with Gasteiger partial charge in [0.1, 0.15) is 0 Å². The molecule has 0 radical (unpaired) electrons. The topological polar surface area (TPSA) is 27.7 Å². The molecule has 1 aromatic carbocycles. The summed E-state index contributed by atoms with van der Waals surface area (Å²) in [6, 6.07) is 3.72. The van der Waals surface area contributed by atoms with E-state index in [2.05, 4.69) is 0 Å². The van der Waals surface area contributed by atoms with E-state index < -0.39 is 0 Å². The highest BCUT2D eigenvalue weighted by atomic mass is 35.5. The van der Waals surface area contributed by atoms with Gasteiger partial charge in [-0.1, -0.05) is 11.6 Å². The fourth-order valence-electron chi connectivity index (χ4n) is 2.63. The zero-order chi connectivity index (χ0) is 13.9. The summed E-state index contributed by atoms with van der Waals surface area (Å²) in [5.74, 6) is 1.44. The summed E-state index contributed by atoms with van der Waals surface area (Å²) in [5.41, 5.74) is 0.896. The summed E-state index contributed by atoms with van der Waals surface area (Å²) in [6.45, 7) is 2.15. The Balaban J connectivity index is 1.79. The molecule has 0 aromatic heterocycles. The molecule has 0 aliphatic carbocycles. The van der Waals surface area contributed by atoms with E-state index in [0.29, 0.717) is 24.0 Å². The van der Waals surface area contributed by atoms with Crippen LogP contribution < -0.4 is 9.47 Å². The molecule has 2 unspecified atom stereocenters. The Bertz CT molecular complexity index is 472. The van der Waals surface area contributed by atoms with Crippen molar-refractivity contribution in [2.75, 3.05) is 19.8 Å². The van der Waals surface area contributed by atoms with Gasteiger partial charge >= 0.3 is 0 Å². The average molecular weight is 317 g/mol. The lowest BCUT2D eigenvalue weighted by Crippen LogP contribution is -2.08. The zero-order valence-electron chi connectivity index (χ0n) is 11.2. The minimum absolute atomic E-state index is 0.164. The minimum atomic E-state index is -0.164. The summed E-state index contributed by atoms with van der Waals surface area (Å²) in [4.78, 5) is 0.